The fourth-order valence-electron chi connectivity index (χ4n) is 4.58. The number of fused-ring (bicyclic) bond motifs is 2. The quantitative estimate of drug-likeness (QED) is 0.227. The molecular formula is C30H33N4O5+. The Balaban J connectivity index is 1.90. The monoisotopic (exact) mass is 529 g/mol. The van der Waals surface area contributed by atoms with Gasteiger partial charge in [0.15, 0.2) is 6.54 Å². The maximum Gasteiger partial charge on any atom is 0.336 e. The number of carbonyl (C=O) groups is 3. The molecule has 1 heterocycles. The molecule has 4 rings (SSSR count). The SMILES string of the molecule is CC(=O)NCCN(C)c1ccc2c(-c3ccccc3C(=O)O)c3ccc(=[N+](C)CCNC(C)=O)cc-3oc2c1. The van der Waals surface area contributed by atoms with Gasteiger partial charge in [-0.25, -0.2) is 9.37 Å². The predicted octanol–water partition coefficient (Wildman–Crippen LogP) is 3.01. The minimum atomic E-state index is -1.00. The predicted molar refractivity (Wildman–Crippen MR) is 152 cm³/mol. The zero-order chi connectivity index (χ0) is 28.1. The third-order valence-corrected chi connectivity index (χ3v) is 6.64. The van der Waals surface area contributed by atoms with E-state index in [0.29, 0.717) is 43.1 Å². The highest BCUT2D eigenvalue weighted by atomic mass is 16.4. The van der Waals surface area contributed by atoms with Crippen molar-refractivity contribution >= 4 is 34.4 Å². The smallest absolute Gasteiger partial charge is 0.336 e. The van der Waals surface area contributed by atoms with Gasteiger partial charge in [0.25, 0.3) is 0 Å². The molecule has 0 radical (unpaired) electrons. The van der Waals surface area contributed by atoms with Crippen molar-refractivity contribution < 1.29 is 23.9 Å². The molecule has 0 fully saturated rings. The summed E-state index contributed by atoms with van der Waals surface area (Å²) in [6, 6.07) is 18.7. The fourth-order valence-corrected chi connectivity index (χ4v) is 4.58. The maximum atomic E-state index is 12.2. The van der Waals surface area contributed by atoms with Crippen LogP contribution in [0.25, 0.3) is 33.4 Å². The van der Waals surface area contributed by atoms with Crippen LogP contribution < -0.4 is 25.5 Å². The van der Waals surface area contributed by atoms with Gasteiger partial charge in [0.1, 0.15) is 18.4 Å². The number of rotatable bonds is 9. The Hall–Kier alpha value is -4.66. The van der Waals surface area contributed by atoms with Crippen LogP contribution >= 0.6 is 0 Å². The molecule has 1 aliphatic carbocycles. The number of carbonyl (C=O) groups excluding carboxylic acids is 2. The molecule has 2 aromatic rings. The van der Waals surface area contributed by atoms with Gasteiger partial charge in [0.2, 0.25) is 17.2 Å². The van der Waals surface area contributed by atoms with E-state index in [1.165, 1.54) is 13.8 Å². The molecule has 3 N–H and O–H groups in total. The van der Waals surface area contributed by atoms with Gasteiger partial charge in [0, 0.05) is 68.3 Å². The maximum absolute atomic E-state index is 12.2. The van der Waals surface area contributed by atoms with Crippen LogP contribution in [-0.2, 0) is 9.59 Å². The van der Waals surface area contributed by atoms with Gasteiger partial charge in [-0.05, 0) is 29.8 Å². The molecule has 2 aliphatic rings. The van der Waals surface area contributed by atoms with Crippen LogP contribution in [0.15, 0.2) is 65.1 Å². The molecule has 0 bridgehead atoms. The summed E-state index contributed by atoms with van der Waals surface area (Å²) in [6.07, 6.45) is 0. The first-order valence-electron chi connectivity index (χ1n) is 12.7. The molecule has 39 heavy (non-hydrogen) atoms. The van der Waals surface area contributed by atoms with E-state index in [-0.39, 0.29) is 17.4 Å². The summed E-state index contributed by atoms with van der Waals surface area (Å²) in [5, 5.41) is 17.3. The van der Waals surface area contributed by atoms with Crippen LogP contribution in [0.3, 0.4) is 0 Å². The summed E-state index contributed by atoms with van der Waals surface area (Å²) in [4.78, 5) is 36.7. The van der Waals surface area contributed by atoms with E-state index in [4.69, 9.17) is 4.42 Å². The Labute approximate surface area is 226 Å². The zero-order valence-electron chi connectivity index (χ0n) is 22.6. The van der Waals surface area contributed by atoms with Crippen LogP contribution in [0.5, 0.6) is 0 Å². The summed E-state index contributed by atoms with van der Waals surface area (Å²) in [7, 11) is 3.87. The van der Waals surface area contributed by atoms with E-state index in [1.54, 1.807) is 12.1 Å². The lowest BCUT2D eigenvalue weighted by Gasteiger charge is -2.21. The van der Waals surface area contributed by atoms with E-state index in [9.17, 15) is 19.5 Å². The zero-order valence-corrected chi connectivity index (χ0v) is 22.6. The van der Waals surface area contributed by atoms with Gasteiger partial charge < -0.3 is 25.1 Å². The van der Waals surface area contributed by atoms with Gasteiger partial charge in [-0.2, -0.15) is 0 Å². The summed E-state index contributed by atoms with van der Waals surface area (Å²) in [5.74, 6) is -0.554. The van der Waals surface area contributed by atoms with Crippen LogP contribution in [0.1, 0.15) is 24.2 Å². The molecule has 0 unspecified atom stereocenters. The van der Waals surface area contributed by atoms with Gasteiger partial charge in [-0.1, -0.05) is 18.2 Å². The fraction of sp³-hybridized carbons (Fsp3) is 0.267. The average molecular weight is 530 g/mol. The first kappa shape index (κ1) is 27.4. The molecule has 1 aliphatic heterocycles. The number of nitrogens with one attached hydrogen (secondary N) is 2. The molecule has 0 aromatic heterocycles. The Bertz CT molecular complexity index is 1590. The highest BCUT2D eigenvalue weighted by Gasteiger charge is 2.22. The van der Waals surface area contributed by atoms with Crippen molar-refractivity contribution in [1.82, 2.24) is 15.2 Å². The van der Waals surface area contributed by atoms with Crippen molar-refractivity contribution in [3.8, 4) is 22.5 Å². The lowest BCUT2D eigenvalue weighted by molar-refractivity contribution is -0.119. The van der Waals surface area contributed by atoms with Gasteiger partial charge >= 0.3 is 5.97 Å². The van der Waals surface area contributed by atoms with E-state index in [1.807, 2.05) is 72.1 Å². The summed E-state index contributed by atoms with van der Waals surface area (Å²) in [5.41, 5.74) is 3.90. The number of nitrogens with zero attached hydrogens (tertiary/aromatic N) is 2. The Kier molecular flexibility index (Phi) is 8.29. The van der Waals surface area contributed by atoms with Crippen molar-refractivity contribution in [2.45, 2.75) is 13.8 Å². The standard InChI is InChI=1S/C30H32N4O5/c1-19(35)31-13-15-33(3)21-9-11-25-27(17-21)39-28-18-22(34(4)16-14-32-20(2)36)10-12-26(28)29(25)23-7-5-6-8-24(23)30(37)38/h5-12,17-18H,13-16H2,1-4H3,(H2-,31,32,35,36,37,38)/p+1. The molecule has 2 aromatic carbocycles. The van der Waals surface area contributed by atoms with Crippen molar-refractivity contribution in [3.05, 3.63) is 71.6 Å². The largest absolute Gasteiger partial charge is 0.478 e. The number of amides is 2. The summed E-state index contributed by atoms with van der Waals surface area (Å²) in [6.45, 7) is 5.20. The second kappa shape index (κ2) is 11.8. The Morgan fingerprint density at radius 2 is 1.64 bits per heavy atom. The first-order valence-corrected chi connectivity index (χ1v) is 12.7. The van der Waals surface area contributed by atoms with Crippen LogP contribution in [0.4, 0.5) is 5.69 Å². The van der Waals surface area contributed by atoms with Crippen molar-refractivity contribution in [1.29, 1.82) is 0 Å². The topological polar surface area (TPSA) is 115 Å². The number of carboxylic acid groups (broad SMARTS) is 1. The summed E-state index contributed by atoms with van der Waals surface area (Å²) >= 11 is 0. The molecule has 9 heteroatoms. The third-order valence-electron chi connectivity index (χ3n) is 6.64. The lowest BCUT2D eigenvalue weighted by atomic mass is 9.90. The van der Waals surface area contributed by atoms with Crippen LogP contribution in [0.2, 0.25) is 0 Å². The molecular weight excluding hydrogens is 496 g/mol. The van der Waals surface area contributed by atoms with Crippen molar-refractivity contribution in [2.75, 3.05) is 45.2 Å². The number of aromatic carboxylic acids is 1. The minimum absolute atomic E-state index is 0.0806. The second-order valence-electron chi connectivity index (χ2n) is 9.50. The molecule has 0 atom stereocenters. The number of benzene rings is 3. The molecule has 9 nitrogen and oxygen atoms in total. The highest BCUT2D eigenvalue weighted by Crippen LogP contribution is 2.41. The molecule has 0 spiro atoms. The Morgan fingerprint density at radius 1 is 0.923 bits per heavy atom. The molecule has 202 valence electrons. The normalized spacial score (nSPS) is 11.8. The van der Waals surface area contributed by atoms with Crippen molar-refractivity contribution in [3.63, 3.8) is 0 Å². The van der Waals surface area contributed by atoms with Crippen molar-refractivity contribution in [2.24, 2.45) is 0 Å². The number of hydrogen-bond acceptors (Lipinski definition) is 5. The first-order chi connectivity index (χ1) is 18.7. The molecule has 2 amide bonds. The lowest BCUT2D eigenvalue weighted by Crippen LogP contribution is -2.34. The minimum Gasteiger partial charge on any atom is -0.478 e. The summed E-state index contributed by atoms with van der Waals surface area (Å²) < 4.78 is 8.46. The van der Waals surface area contributed by atoms with Gasteiger partial charge in [-0.3, -0.25) is 9.59 Å². The second-order valence-corrected chi connectivity index (χ2v) is 9.50. The van der Waals surface area contributed by atoms with Crippen LogP contribution in [-0.4, -0.2) is 63.2 Å². The van der Waals surface area contributed by atoms with E-state index in [2.05, 4.69) is 10.6 Å². The van der Waals surface area contributed by atoms with Crippen LogP contribution in [0, 0.1) is 0 Å². The number of anilines is 1. The van der Waals surface area contributed by atoms with Gasteiger partial charge in [-0.15, -0.1) is 0 Å². The number of hydrogen-bond donors (Lipinski definition) is 3. The number of likely N-dealkylation sites (N-methyl/N-ethyl adjacent to an activating group) is 2. The van der Waals surface area contributed by atoms with E-state index >= 15 is 0 Å². The van der Waals surface area contributed by atoms with E-state index in [0.717, 1.165) is 27.6 Å². The number of carboxylic acids is 1. The molecule has 0 saturated carbocycles. The molecule has 0 saturated heterocycles. The van der Waals surface area contributed by atoms with Gasteiger partial charge in [0.05, 0.1) is 18.2 Å². The third kappa shape index (κ3) is 6.26. The van der Waals surface area contributed by atoms with E-state index < -0.39 is 5.97 Å². The average Bonchev–Trinajstić information content (AvgIpc) is 2.90. The highest BCUT2D eigenvalue weighted by molar-refractivity contribution is 6.07. The Morgan fingerprint density at radius 3 is 2.36 bits per heavy atom.